The van der Waals surface area contributed by atoms with Crippen LogP contribution in [-0.4, -0.2) is 13.1 Å². The molecular weight excluding hydrogens is 274 g/mol. The zero-order valence-electron chi connectivity index (χ0n) is 11.0. The fourth-order valence-electron chi connectivity index (χ4n) is 2.66. The average Bonchev–Trinajstić information content (AvgIpc) is 2.68. The highest BCUT2D eigenvalue weighted by Crippen LogP contribution is 2.30. The first kappa shape index (κ1) is 13.1. The SMILES string of the molecule is CC(C)(C)c1ccc(Br)cc1CC1CCNC1. The molecule has 0 spiro atoms. The Morgan fingerprint density at radius 3 is 2.71 bits per heavy atom. The van der Waals surface area contributed by atoms with Crippen molar-refractivity contribution in [2.24, 2.45) is 5.92 Å². The van der Waals surface area contributed by atoms with Crippen LogP contribution < -0.4 is 5.32 Å². The molecular formula is C15H22BrN. The summed E-state index contributed by atoms with van der Waals surface area (Å²) in [5, 5.41) is 3.45. The predicted molar refractivity (Wildman–Crippen MR) is 77.5 cm³/mol. The van der Waals surface area contributed by atoms with Crippen molar-refractivity contribution in [2.75, 3.05) is 13.1 Å². The number of hydrogen-bond donors (Lipinski definition) is 1. The van der Waals surface area contributed by atoms with Gasteiger partial charge in [0.05, 0.1) is 0 Å². The monoisotopic (exact) mass is 295 g/mol. The van der Waals surface area contributed by atoms with Gasteiger partial charge in [-0.2, -0.15) is 0 Å². The summed E-state index contributed by atoms with van der Waals surface area (Å²) in [6, 6.07) is 6.75. The van der Waals surface area contributed by atoms with Crippen LogP contribution in [-0.2, 0) is 11.8 Å². The molecule has 1 fully saturated rings. The van der Waals surface area contributed by atoms with E-state index in [4.69, 9.17) is 0 Å². The lowest BCUT2D eigenvalue weighted by Gasteiger charge is -2.24. The summed E-state index contributed by atoms with van der Waals surface area (Å²) in [6.45, 7) is 9.26. The molecule has 94 valence electrons. The van der Waals surface area contributed by atoms with Crippen LogP contribution in [0.25, 0.3) is 0 Å². The largest absolute Gasteiger partial charge is 0.316 e. The fraction of sp³-hybridized carbons (Fsp3) is 0.600. The second kappa shape index (κ2) is 5.11. The number of hydrogen-bond acceptors (Lipinski definition) is 1. The molecule has 1 heterocycles. The molecule has 2 heteroatoms. The van der Waals surface area contributed by atoms with Gasteiger partial charge in [-0.15, -0.1) is 0 Å². The van der Waals surface area contributed by atoms with Crippen molar-refractivity contribution in [3.8, 4) is 0 Å². The summed E-state index contributed by atoms with van der Waals surface area (Å²) in [4.78, 5) is 0. The Morgan fingerprint density at radius 2 is 2.12 bits per heavy atom. The van der Waals surface area contributed by atoms with Crippen LogP contribution in [0, 0.1) is 5.92 Å². The molecule has 1 atom stereocenters. The van der Waals surface area contributed by atoms with E-state index in [0.29, 0.717) is 0 Å². The molecule has 1 unspecified atom stereocenters. The highest BCUT2D eigenvalue weighted by molar-refractivity contribution is 9.10. The molecule has 1 saturated heterocycles. The minimum absolute atomic E-state index is 0.238. The summed E-state index contributed by atoms with van der Waals surface area (Å²) in [6.07, 6.45) is 2.52. The van der Waals surface area contributed by atoms with Gasteiger partial charge in [-0.1, -0.05) is 42.8 Å². The molecule has 2 rings (SSSR count). The van der Waals surface area contributed by atoms with Gasteiger partial charge in [0.25, 0.3) is 0 Å². The number of rotatable bonds is 2. The Morgan fingerprint density at radius 1 is 1.35 bits per heavy atom. The van der Waals surface area contributed by atoms with Crippen LogP contribution in [0.1, 0.15) is 38.3 Å². The molecule has 1 aromatic rings. The molecule has 1 aromatic carbocycles. The van der Waals surface area contributed by atoms with Gasteiger partial charge in [-0.05, 0) is 60.5 Å². The minimum Gasteiger partial charge on any atom is -0.316 e. The van der Waals surface area contributed by atoms with E-state index in [2.05, 4.69) is 60.2 Å². The average molecular weight is 296 g/mol. The van der Waals surface area contributed by atoms with Gasteiger partial charge in [0, 0.05) is 4.47 Å². The molecule has 0 amide bonds. The highest BCUT2D eigenvalue weighted by Gasteiger charge is 2.21. The van der Waals surface area contributed by atoms with E-state index in [9.17, 15) is 0 Å². The highest BCUT2D eigenvalue weighted by atomic mass is 79.9. The van der Waals surface area contributed by atoms with E-state index in [-0.39, 0.29) is 5.41 Å². The van der Waals surface area contributed by atoms with Crippen molar-refractivity contribution in [3.63, 3.8) is 0 Å². The maximum Gasteiger partial charge on any atom is 0.0178 e. The van der Waals surface area contributed by atoms with Crippen molar-refractivity contribution in [3.05, 3.63) is 33.8 Å². The molecule has 0 bridgehead atoms. The second-order valence-electron chi connectivity index (χ2n) is 6.11. The normalized spacial score (nSPS) is 20.8. The van der Waals surface area contributed by atoms with E-state index in [1.54, 1.807) is 0 Å². The van der Waals surface area contributed by atoms with Crippen LogP contribution in [0.15, 0.2) is 22.7 Å². The molecule has 0 radical (unpaired) electrons. The lowest BCUT2D eigenvalue weighted by atomic mass is 9.81. The lowest BCUT2D eigenvalue weighted by molar-refractivity contribution is 0.546. The van der Waals surface area contributed by atoms with Crippen LogP contribution in [0.3, 0.4) is 0 Å². The van der Waals surface area contributed by atoms with Gasteiger partial charge in [-0.3, -0.25) is 0 Å². The van der Waals surface area contributed by atoms with Gasteiger partial charge < -0.3 is 5.32 Å². The summed E-state index contributed by atoms with van der Waals surface area (Å²) in [5.74, 6) is 0.811. The number of halogens is 1. The Bertz CT molecular complexity index is 386. The van der Waals surface area contributed by atoms with E-state index in [0.717, 1.165) is 5.92 Å². The molecule has 1 aliphatic heterocycles. The molecule has 0 aromatic heterocycles. The van der Waals surface area contributed by atoms with Gasteiger partial charge in [0.2, 0.25) is 0 Å². The molecule has 1 nitrogen and oxygen atoms in total. The van der Waals surface area contributed by atoms with Crippen molar-refractivity contribution in [2.45, 2.75) is 39.0 Å². The van der Waals surface area contributed by atoms with E-state index < -0.39 is 0 Å². The molecule has 1 N–H and O–H groups in total. The van der Waals surface area contributed by atoms with Crippen molar-refractivity contribution < 1.29 is 0 Å². The Labute approximate surface area is 113 Å². The molecule has 17 heavy (non-hydrogen) atoms. The van der Waals surface area contributed by atoms with Crippen LogP contribution in [0.5, 0.6) is 0 Å². The molecule has 0 aliphatic carbocycles. The van der Waals surface area contributed by atoms with Crippen molar-refractivity contribution >= 4 is 15.9 Å². The molecule has 0 saturated carbocycles. The van der Waals surface area contributed by atoms with E-state index in [1.165, 1.54) is 41.5 Å². The number of nitrogens with one attached hydrogen (secondary N) is 1. The quantitative estimate of drug-likeness (QED) is 0.873. The van der Waals surface area contributed by atoms with Crippen molar-refractivity contribution in [1.82, 2.24) is 5.32 Å². The summed E-state index contributed by atoms with van der Waals surface area (Å²) in [5.41, 5.74) is 3.25. The van der Waals surface area contributed by atoms with E-state index >= 15 is 0 Å². The first-order valence-corrected chi connectivity index (χ1v) is 7.26. The summed E-state index contributed by atoms with van der Waals surface area (Å²) < 4.78 is 1.20. The van der Waals surface area contributed by atoms with E-state index in [1.807, 2.05) is 0 Å². The first-order chi connectivity index (χ1) is 7.97. The topological polar surface area (TPSA) is 12.0 Å². The van der Waals surface area contributed by atoms with Gasteiger partial charge in [0.1, 0.15) is 0 Å². The summed E-state index contributed by atoms with van der Waals surface area (Å²) in [7, 11) is 0. The van der Waals surface area contributed by atoms with Crippen LogP contribution in [0.2, 0.25) is 0 Å². The maximum atomic E-state index is 3.60. The number of benzene rings is 1. The smallest absolute Gasteiger partial charge is 0.0178 e. The third-order valence-corrected chi connectivity index (χ3v) is 4.04. The zero-order chi connectivity index (χ0) is 12.5. The first-order valence-electron chi connectivity index (χ1n) is 6.46. The Kier molecular flexibility index (Phi) is 3.94. The zero-order valence-corrected chi connectivity index (χ0v) is 12.6. The maximum absolute atomic E-state index is 3.60. The minimum atomic E-state index is 0.238. The van der Waals surface area contributed by atoms with Gasteiger partial charge in [0.15, 0.2) is 0 Å². The molecule has 1 aliphatic rings. The van der Waals surface area contributed by atoms with Gasteiger partial charge in [-0.25, -0.2) is 0 Å². The van der Waals surface area contributed by atoms with Crippen molar-refractivity contribution in [1.29, 1.82) is 0 Å². The third-order valence-electron chi connectivity index (χ3n) is 3.55. The predicted octanol–water partition coefficient (Wildman–Crippen LogP) is 3.90. The van der Waals surface area contributed by atoms with Crippen LogP contribution in [0.4, 0.5) is 0 Å². The lowest BCUT2D eigenvalue weighted by Crippen LogP contribution is -2.17. The Hall–Kier alpha value is -0.340. The summed E-state index contributed by atoms with van der Waals surface area (Å²) >= 11 is 3.60. The fourth-order valence-corrected chi connectivity index (χ4v) is 3.07. The Balaban J connectivity index is 2.26. The van der Waals surface area contributed by atoms with Crippen LogP contribution >= 0.6 is 15.9 Å². The van der Waals surface area contributed by atoms with Gasteiger partial charge >= 0.3 is 0 Å². The standard InChI is InChI=1S/C15H22BrN/c1-15(2,3)14-5-4-13(16)9-12(14)8-11-6-7-17-10-11/h4-5,9,11,17H,6-8,10H2,1-3H3. The second-order valence-corrected chi connectivity index (χ2v) is 7.03. The third kappa shape index (κ3) is 3.32.